The van der Waals surface area contributed by atoms with Crippen LogP contribution in [0.25, 0.3) is 0 Å². The molecule has 1 saturated carbocycles. The van der Waals surface area contributed by atoms with Crippen molar-refractivity contribution in [2.75, 3.05) is 32.7 Å². The van der Waals surface area contributed by atoms with E-state index in [0.717, 1.165) is 24.9 Å². The van der Waals surface area contributed by atoms with Gasteiger partial charge in [-0.1, -0.05) is 19.8 Å². The first-order valence-corrected chi connectivity index (χ1v) is 9.48. The molecule has 0 aromatic heterocycles. The average molecular weight is 307 g/mol. The molecule has 2 aliphatic heterocycles. The van der Waals surface area contributed by atoms with Gasteiger partial charge in [-0.25, -0.2) is 4.79 Å². The molecule has 0 atom stereocenters. The first-order chi connectivity index (χ1) is 10.7. The van der Waals surface area contributed by atoms with E-state index in [1.807, 2.05) is 4.90 Å². The lowest BCUT2D eigenvalue weighted by Gasteiger charge is -2.37. The van der Waals surface area contributed by atoms with Gasteiger partial charge in [-0.15, -0.1) is 0 Å². The molecule has 3 aliphatic rings. The number of hydrogen-bond donors (Lipinski definition) is 1. The smallest absolute Gasteiger partial charge is 0.317 e. The van der Waals surface area contributed by atoms with Gasteiger partial charge in [0.15, 0.2) is 0 Å². The maximum absolute atomic E-state index is 12.3. The van der Waals surface area contributed by atoms with Crippen LogP contribution in [0.1, 0.15) is 58.3 Å². The molecule has 22 heavy (non-hydrogen) atoms. The fourth-order valence-electron chi connectivity index (χ4n) is 4.26. The van der Waals surface area contributed by atoms with Crippen LogP contribution < -0.4 is 5.32 Å². The van der Waals surface area contributed by atoms with Crippen LogP contribution in [0, 0.1) is 11.8 Å². The minimum atomic E-state index is 0.192. The summed E-state index contributed by atoms with van der Waals surface area (Å²) in [5.74, 6) is 1.71. The molecule has 1 aliphatic carbocycles. The van der Waals surface area contributed by atoms with Gasteiger partial charge in [0.05, 0.1) is 0 Å². The van der Waals surface area contributed by atoms with Crippen molar-refractivity contribution in [1.29, 1.82) is 0 Å². The predicted molar refractivity (Wildman–Crippen MR) is 89.9 cm³/mol. The SMILES string of the molecule is CC1CCN(CC2CCN(C(=O)NC3CCCC3)CC2)CC1. The van der Waals surface area contributed by atoms with E-state index in [1.54, 1.807) is 0 Å². The normalized spacial score (nSPS) is 26.5. The minimum Gasteiger partial charge on any atom is -0.335 e. The molecule has 1 N–H and O–H groups in total. The molecule has 3 fully saturated rings. The number of carbonyl (C=O) groups excluding carboxylic acids is 1. The zero-order valence-electron chi connectivity index (χ0n) is 14.2. The number of rotatable bonds is 3. The Bertz CT molecular complexity index is 351. The van der Waals surface area contributed by atoms with E-state index in [9.17, 15) is 4.79 Å². The van der Waals surface area contributed by atoms with Gasteiger partial charge in [-0.05, 0) is 63.5 Å². The number of likely N-dealkylation sites (tertiary alicyclic amines) is 2. The van der Waals surface area contributed by atoms with Crippen molar-refractivity contribution in [1.82, 2.24) is 15.1 Å². The highest BCUT2D eigenvalue weighted by Crippen LogP contribution is 2.23. The van der Waals surface area contributed by atoms with Crippen molar-refractivity contribution in [3.63, 3.8) is 0 Å². The zero-order chi connectivity index (χ0) is 15.4. The van der Waals surface area contributed by atoms with Gasteiger partial charge >= 0.3 is 6.03 Å². The highest BCUT2D eigenvalue weighted by atomic mass is 16.2. The largest absolute Gasteiger partial charge is 0.335 e. The molecular formula is C18H33N3O. The van der Waals surface area contributed by atoms with E-state index in [-0.39, 0.29) is 6.03 Å². The van der Waals surface area contributed by atoms with E-state index < -0.39 is 0 Å². The van der Waals surface area contributed by atoms with Crippen molar-refractivity contribution < 1.29 is 4.79 Å². The first-order valence-electron chi connectivity index (χ1n) is 9.48. The number of piperidine rings is 2. The lowest BCUT2D eigenvalue weighted by Crippen LogP contribution is -2.48. The lowest BCUT2D eigenvalue weighted by molar-refractivity contribution is 0.125. The Morgan fingerprint density at radius 2 is 1.59 bits per heavy atom. The summed E-state index contributed by atoms with van der Waals surface area (Å²) in [5.41, 5.74) is 0. The molecule has 2 saturated heterocycles. The second kappa shape index (κ2) is 7.67. The average Bonchev–Trinajstić information content (AvgIpc) is 3.03. The predicted octanol–water partition coefficient (Wildman–Crippen LogP) is 3.08. The van der Waals surface area contributed by atoms with Gasteiger partial charge in [0.25, 0.3) is 0 Å². The van der Waals surface area contributed by atoms with Gasteiger partial charge in [0.2, 0.25) is 0 Å². The van der Waals surface area contributed by atoms with E-state index in [4.69, 9.17) is 0 Å². The van der Waals surface area contributed by atoms with Crippen molar-refractivity contribution in [3.05, 3.63) is 0 Å². The third kappa shape index (κ3) is 4.37. The second-order valence-electron chi connectivity index (χ2n) is 7.84. The maximum atomic E-state index is 12.3. The Hall–Kier alpha value is -0.770. The monoisotopic (exact) mass is 307 g/mol. The summed E-state index contributed by atoms with van der Waals surface area (Å²) in [6.45, 7) is 8.09. The number of hydrogen-bond acceptors (Lipinski definition) is 2. The second-order valence-corrected chi connectivity index (χ2v) is 7.84. The fourth-order valence-corrected chi connectivity index (χ4v) is 4.26. The summed E-state index contributed by atoms with van der Waals surface area (Å²) in [6.07, 6.45) is 10.0. The molecule has 0 spiro atoms. The van der Waals surface area contributed by atoms with Crippen molar-refractivity contribution >= 4 is 6.03 Å². The van der Waals surface area contributed by atoms with Gasteiger partial charge in [-0.2, -0.15) is 0 Å². The molecule has 0 aromatic rings. The van der Waals surface area contributed by atoms with Crippen molar-refractivity contribution in [3.8, 4) is 0 Å². The van der Waals surface area contributed by atoms with Crippen LogP contribution in [-0.4, -0.2) is 54.6 Å². The summed E-state index contributed by atoms with van der Waals surface area (Å²) in [6, 6.07) is 0.637. The summed E-state index contributed by atoms with van der Waals surface area (Å²) >= 11 is 0. The molecule has 2 heterocycles. The summed E-state index contributed by atoms with van der Waals surface area (Å²) < 4.78 is 0. The molecule has 0 radical (unpaired) electrons. The van der Waals surface area contributed by atoms with Crippen LogP contribution in [0.2, 0.25) is 0 Å². The molecule has 4 heteroatoms. The third-order valence-corrected chi connectivity index (χ3v) is 5.98. The first kappa shape index (κ1) is 16.1. The Balaban J connectivity index is 1.35. The number of nitrogens with one attached hydrogen (secondary N) is 1. The number of amides is 2. The van der Waals surface area contributed by atoms with Crippen LogP contribution in [0.15, 0.2) is 0 Å². The van der Waals surface area contributed by atoms with Gasteiger partial charge in [0.1, 0.15) is 0 Å². The highest BCUT2D eigenvalue weighted by Gasteiger charge is 2.27. The third-order valence-electron chi connectivity index (χ3n) is 5.98. The molecular weight excluding hydrogens is 274 g/mol. The lowest BCUT2D eigenvalue weighted by atomic mass is 9.93. The summed E-state index contributed by atoms with van der Waals surface area (Å²) in [5, 5.41) is 3.23. The van der Waals surface area contributed by atoms with E-state index in [1.165, 1.54) is 71.0 Å². The summed E-state index contributed by atoms with van der Waals surface area (Å²) in [7, 11) is 0. The van der Waals surface area contributed by atoms with Crippen LogP contribution in [0.3, 0.4) is 0 Å². The minimum absolute atomic E-state index is 0.192. The molecule has 0 aromatic carbocycles. The van der Waals surface area contributed by atoms with Crippen LogP contribution >= 0.6 is 0 Å². The van der Waals surface area contributed by atoms with E-state index >= 15 is 0 Å². The van der Waals surface area contributed by atoms with E-state index in [2.05, 4.69) is 17.1 Å². The topological polar surface area (TPSA) is 35.6 Å². The number of urea groups is 1. The van der Waals surface area contributed by atoms with Crippen LogP contribution in [0.5, 0.6) is 0 Å². The number of carbonyl (C=O) groups is 1. The van der Waals surface area contributed by atoms with Crippen LogP contribution in [0.4, 0.5) is 4.79 Å². The van der Waals surface area contributed by atoms with Gasteiger partial charge < -0.3 is 15.1 Å². The molecule has 3 rings (SSSR count). The van der Waals surface area contributed by atoms with Gasteiger partial charge in [-0.3, -0.25) is 0 Å². The van der Waals surface area contributed by atoms with Crippen molar-refractivity contribution in [2.45, 2.75) is 64.3 Å². The quantitative estimate of drug-likeness (QED) is 0.870. The maximum Gasteiger partial charge on any atom is 0.317 e. The van der Waals surface area contributed by atoms with E-state index in [0.29, 0.717) is 6.04 Å². The summed E-state index contributed by atoms with van der Waals surface area (Å²) in [4.78, 5) is 17.0. The van der Waals surface area contributed by atoms with Crippen LogP contribution in [-0.2, 0) is 0 Å². The molecule has 126 valence electrons. The molecule has 0 unspecified atom stereocenters. The standard InChI is InChI=1S/C18H33N3O/c1-15-6-10-20(11-7-15)14-16-8-12-21(13-9-16)18(22)19-17-4-2-3-5-17/h15-17H,2-14H2,1H3,(H,19,22). The van der Waals surface area contributed by atoms with Crippen molar-refractivity contribution in [2.24, 2.45) is 11.8 Å². The molecule has 4 nitrogen and oxygen atoms in total. The zero-order valence-corrected chi connectivity index (χ0v) is 14.2. The van der Waals surface area contributed by atoms with Gasteiger partial charge in [0, 0.05) is 25.7 Å². The Morgan fingerprint density at radius 3 is 2.23 bits per heavy atom. The fraction of sp³-hybridized carbons (Fsp3) is 0.944. The Labute approximate surface area is 135 Å². The molecule has 0 bridgehead atoms. The number of nitrogens with zero attached hydrogens (tertiary/aromatic N) is 2. The Morgan fingerprint density at radius 1 is 0.955 bits per heavy atom. The highest BCUT2D eigenvalue weighted by molar-refractivity contribution is 5.74. The molecule has 2 amide bonds. The Kier molecular flexibility index (Phi) is 5.61.